The van der Waals surface area contributed by atoms with Crippen molar-refractivity contribution in [2.45, 2.75) is 44.9 Å². The zero-order valence-corrected chi connectivity index (χ0v) is 21.7. The number of hydrogen-bond donors (Lipinski definition) is 4. The van der Waals surface area contributed by atoms with E-state index in [0.29, 0.717) is 17.3 Å². The molecule has 0 bridgehead atoms. The van der Waals surface area contributed by atoms with Gasteiger partial charge in [-0.2, -0.15) is 4.98 Å². The predicted octanol–water partition coefficient (Wildman–Crippen LogP) is 4.16. The summed E-state index contributed by atoms with van der Waals surface area (Å²) in [4.78, 5) is 30.3. The lowest BCUT2D eigenvalue weighted by Crippen LogP contribution is -2.47. The van der Waals surface area contributed by atoms with Gasteiger partial charge in [-0.15, -0.1) is 11.3 Å². The molecule has 5 rings (SSSR count). The number of fused-ring (bicyclic) bond motifs is 1. The number of nitrogens with one attached hydrogen (secondary N) is 2. The second kappa shape index (κ2) is 9.66. The summed E-state index contributed by atoms with van der Waals surface area (Å²) >= 11 is 1.51. The van der Waals surface area contributed by atoms with Crippen molar-refractivity contribution in [3.63, 3.8) is 0 Å². The monoisotopic (exact) mass is 520 g/mol. The summed E-state index contributed by atoms with van der Waals surface area (Å²) in [6, 6.07) is 11.6. The van der Waals surface area contributed by atoms with Crippen LogP contribution >= 0.6 is 11.3 Å². The SMILES string of the molecule is CO[C@@H]1[C@H](O)[C@@H](C(=O)O)C[C@@]1(C)Nc1nc(Nc2cc(C)nc(C)c2)ncc1-c1nc2ccccc2s1. The van der Waals surface area contributed by atoms with Crippen LogP contribution in [-0.4, -0.2) is 61.0 Å². The first-order valence-corrected chi connectivity index (χ1v) is 12.7. The van der Waals surface area contributed by atoms with E-state index in [0.717, 1.165) is 32.3 Å². The van der Waals surface area contributed by atoms with Crippen LogP contribution in [0.15, 0.2) is 42.6 Å². The number of aromatic nitrogens is 4. The minimum atomic E-state index is -1.17. The van der Waals surface area contributed by atoms with Crippen molar-refractivity contribution in [1.82, 2.24) is 19.9 Å². The lowest BCUT2D eigenvalue weighted by molar-refractivity contribution is -0.146. The second-order valence-electron chi connectivity index (χ2n) is 9.54. The number of nitrogens with zero attached hydrogens (tertiary/aromatic N) is 4. The molecule has 0 aliphatic heterocycles. The van der Waals surface area contributed by atoms with Crippen LogP contribution in [0.3, 0.4) is 0 Å². The molecular weight excluding hydrogens is 492 g/mol. The number of ether oxygens (including phenoxy) is 1. The molecule has 192 valence electrons. The molecule has 3 heterocycles. The fourth-order valence-electron chi connectivity index (χ4n) is 5.02. The van der Waals surface area contributed by atoms with Crippen LogP contribution in [0.2, 0.25) is 0 Å². The zero-order chi connectivity index (χ0) is 26.3. The number of para-hydroxylation sites is 1. The summed E-state index contributed by atoms with van der Waals surface area (Å²) in [6.07, 6.45) is -0.0972. The number of carboxylic acid groups (broad SMARTS) is 1. The van der Waals surface area contributed by atoms with Gasteiger partial charge < -0.3 is 25.6 Å². The number of rotatable bonds is 7. The molecule has 3 aromatic heterocycles. The molecular formula is C26H28N6O4S. The van der Waals surface area contributed by atoms with Crippen LogP contribution in [0.1, 0.15) is 24.7 Å². The first kappa shape index (κ1) is 25.0. The van der Waals surface area contributed by atoms with E-state index in [1.807, 2.05) is 57.2 Å². The summed E-state index contributed by atoms with van der Waals surface area (Å²) in [5, 5.41) is 27.7. The van der Waals surface area contributed by atoms with Gasteiger partial charge in [0.1, 0.15) is 16.9 Å². The van der Waals surface area contributed by atoms with Crippen molar-refractivity contribution in [3.8, 4) is 10.6 Å². The van der Waals surface area contributed by atoms with Crippen molar-refractivity contribution in [3.05, 3.63) is 54.0 Å². The third-order valence-corrected chi connectivity index (χ3v) is 7.69. The zero-order valence-electron chi connectivity index (χ0n) is 20.9. The van der Waals surface area contributed by atoms with E-state index in [2.05, 4.69) is 20.6 Å². The van der Waals surface area contributed by atoms with Gasteiger partial charge in [0.2, 0.25) is 5.95 Å². The fourth-order valence-corrected chi connectivity index (χ4v) is 6.00. The Morgan fingerprint density at radius 2 is 1.89 bits per heavy atom. The molecule has 4 N–H and O–H groups in total. The number of aliphatic carboxylic acids is 1. The van der Waals surface area contributed by atoms with E-state index in [4.69, 9.17) is 14.7 Å². The number of methoxy groups -OCH3 is 1. The molecule has 11 heteroatoms. The largest absolute Gasteiger partial charge is 0.481 e. The van der Waals surface area contributed by atoms with E-state index in [1.165, 1.54) is 18.4 Å². The molecule has 4 atom stereocenters. The second-order valence-corrected chi connectivity index (χ2v) is 10.6. The Kier molecular flexibility index (Phi) is 6.52. The molecule has 37 heavy (non-hydrogen) atoms. The molecule has 1 fully saturated rings. The summed E-state index contributed by atoms with van der Waals surface area (Å²) < 4.78 is 6.61. The number of thiazole rings is 1. The molecule has 0 radical (unpaired) electrons. The van der Waals surface area contributed by atoms with Gasteiger partial charge >= 0.3 is 5.97 Å². The maximum atomic E-state index is 11.8. The highest BCUT2D eigenvalue weighted by atomic mass is 32.1. The van der Waals surface area contributed by atoms with Gasteiger partial charge in [-0.25, -0.2) is 9.97 Å². The van der Waals surface area contributed by atoms with Crippen LogP contribution < -0.4 is 10.6 Å². The Morgan fingerprint density at radius 1 is 1.16 bits per heavy atom. The Labute approximate surface area is 217 Å². The van der Waals surface area contributed by atoms with Crippen LogP contribution in [0.4, 0.5) is 17.5 Å². The highest BCUT2D eigenvalue weighted by molar-refractivity contribution is 7.21. The quantitative estimate of drug-likeness (QED) is 0.280. The number of anilines is 3. The standard InChI is InChI=1S/C26H28N6O4S/c1-13-9-15(10-14(2)28-13)29-25-27-12-17(23-30-18-7-5-6-8-19(18)37-23)22(31-25)32-26(3)11-16(24(34)35)20(33)21(26)36-4/h5-10,12,16,20-21,33H,11H2,1-4H3,(H,34,35)(H2,27,28,29,31,32)/t16-,20+,21+,26+/m0/s1. The van der Waals surface area contributed by atoms with Gasteiger partial charge in [0.05, 0.1) is 33.3 Å². The molecule has 0 amide bonds. The number of aliphatic hydroxyl groups excluding tert-OH is 1. The molecule has 0 unspecified atom stereocenters. The van der Waals surface area contributed by atoms with Crippen LogP contribution in [0.25, 0.3) is 20.8 Å². The van der Waals surface area contributed by atoms with Crippen molar-refractivity contribution in [2.75, 3.05) is 17.7 Å². The maximum Gasteiger partial charge on any atom is 0.309 e. The smallest absolute Gasteiger partial charge is 0.309 e. The highest BCUT2D eigenvalue weighted by Crippen LogP contribution is 2.42. The highest BCUT2D eigenvalue weighted by Gasteiger charge is 2.54. The number of carboxylic acids is 1. The Bertz CT molecular complexity index is 1420. The summed E-state index contributed by atoms with van der Waals surface area (Å²) in [6.45, 7) is 5.66. The molecule has 4 aromatic rings. The topological polar surface area (TPSA) is 142 Å². The van der Waals surface area contributed by atoms with E-state index in [9.17, 15) is 15.0 Å². The minimum Gasteiger partial charge on any atom is -0.481 e. The molecule has 0 saturated heterocycles. The molecule has 0 spiro atoms. The van der Waals surface area contributed by atoms with Crippen molar-refractivity contribution in [1.29, 1.82) is 0 Å². The van der Waals surface area contributed by atoms with Crippen molar-refractivity contribution in [2.24, 2.45) is 5.92 Å². The number of benzene rings is 1. The normalized spacial score (nSPS) is 23.3. The fraction of sp³-hybridized carbons (Fsp3) is 0.346. The Balaban J connectivity index is 1.57. The number of hydrogen-bond acceptors (Lipinski definition) is 10. The first-order chi connectivity index (χ1) is 17.7. The van der Waals surface area contributed by atoms with E-state index < -0.39 is 29.6 Å². The van der Waals surface area contributed by atoms with Gasteiger partial charge in [-0.05, 0) is 51.5 Å². The van der Waals surface area contributed by atoms with E-state index in [1.54, 1.807) is 6.20 Å². The lowest BCUT2D eigenvalue weighted by Gasteiger charge is -2.33. The first-order valence-electron chi connectivity index (χ1n) is 11.8. The molecule has 1 aromatic carbocycles. The Hall–Kier alpha value is -3.67. The third kappa shape index (κ3) is 4.85. The van der Waals surface area contributed by atoms with Crippen molar-refractivity contribution >= 4 is 45.0 Å². The number of carbonyl (C=O) groups is 1. The van der Waals surface area contributed by atoms with E-state index >= 15 is 0 Å². The molecule has 1 aliphatic carbocycles. The molecule has 1 aliphatic rings. The number of pyridine rings is 1. The van der Waals surface area contributed by atoms with Gasteiger partial charge in [-0.1, -0.05) is 12.1 Å². The van der Waals surface area contributed by atoms with Gasteiger partial charge in [0, 0.05) is 30.4 Å². The van der Waals surface area contributed by atoms with Gasteiger partial charge in [0.15, 0.2) is 0 Å². The molecule has 10 nitrogen and oxygen atoms in total. The number of aryl methyl sites for hydroxylation is 2. The van der Waals surface area contributed by atoms with Crippen molar-refractivity contribution < 1.29 is 19.7 Å². The van der Waals surface area contributed by atoms with E-state index in [-0.39, 0.29) is 6.42 Å². The third-order valence-electron chi connectivity index (χ3n) is 6.62. The summed E-state index contributed by atoms with van der Waals surface area (Å²) in [5.74, 6) is -1.24. The van der Waals surface area contributed by atoms with Gasteiger partial charge in [0.25, 0.3) is 0 Å². The van der Waals surface area contributed by atoms with Crippen LogP contribution in [0.5, 0.6) is 0 Å². The Morgan fingerprint density at radius 3 is 2.57 bits per heavy atom. The minimum absolute atomic E-state index is 0.150. The van der Waals surface area contributed by atoms with Crippen LogP contribution in [-0.2, 0) is 9.53 Å². The predicted molar refractivity (Wildman–Crippen MR) is 142 cm³/mol. The molecule has 1 saturated carbocycles. The number of aliphatic hydroxyl groups is 1. The lowest BCUT2D eigenvalue weighted by atomic mass is 9.96. The average Bonchev–Trinajstić information content (AvgIpc) is 3.36. The average molecular weight is 521 g/mol. The summed E-state index contributed by atoms with van der Waals surface area (Å²) in [5.41, 5.74) is 3.13. The van der Waals surface area contributed by atoms with Gasteiger partial charge in [-0.3, -0.25) is 9.78 Å². The van der Waals surface area contributed by atoms with Crippen LogP contribution in [0, 0.1) is 19.8 Å². The summed E-state index contributed by atoms with van der Waals surface area (Å²) in [7, 11) is 1.47. The maximum absolute atomic E-state index is 11.8.